The normalized spacial score (nSPS) is 16.4. The minimum Gasteiger partial charge on any atom is -0.492 e. The number of nitrogens with zero attached hydrogens (tertiary/aromatic N) is 5. The number of piperidine rings is 1. The molecule has 10 nitrogen and oxygen atoms in total. The number of benzene rings is 2. The van der Waals surface area contributed by atoms with E-state index in [0.717, 1.165) is 68.6 Å². The lowest BCUT2D eigenvalue weighted by atomic mass is 10.1. The van der Waals surface area contributed by atoms with E-state index in [-0.39, 0.29) is 22.1 Å². The van der Waals surface area contributed by atoms with Crippen LogP contribution in [0.3, 0.4) is 0 Å². The summed E-state index contributed by atoms with van der Waals surface area (Å²) in [5.41, 5.74) is 1.56. The molecule has 0 bridgehead atoms. The van der Waals surface area contributed by atoms with Gasteiger partial charge in [0.2, 0.25) is 0 Å². The second-order valence-corrected chi connectivity index (χ2v) is 10.8. The molecule has 1 amide bonds. The van der Waals surface area contributed by atoms with Gasteiger partial charge in [0.25, 0.3) is 11.6 Å². The Bertz CT molecular complexity index is 1300. The zero-order valence-corrected chi connectivity index (χ0v) is 23.2. The summed E-state index contributed by atoms with van der Waals surface area (Å²) in [6.45, 7) is 8.47. The highest BCUT2D eigenvalue weighted by Gasteiger charge is 2.27. The summed E-state index contributed by atoms with van der Waals surface area (Å²) in [5, 5.41) is 12.6. The predicted molar refractivity (Wildman–Crippen MR) is 154 cm³/mol. The van der Waals surface area contributed by atoms with Crippen molar-refractivity contribution in [2.75, 3.05) is 68.9 Å². The summed E-state index contributed by atoms with van der Waals surface area (Å²) in [6, 6.07) is 10.6. The Morgan fingerprint density at radius 1 is 1.15 bits per heavy atom. The largest absolute Gasteiger partial charge is 0.492 e. The molecule has 0 saturated carbocycles. The highest BCUT2D eigenvalue weighted by Crippen LogP contribution is 2.36. The number of carbonyl (C=O) groups excluding carboxylic acids is 1. The van der Waals surface area contributed by atoms with Crippen molar-refractivity contribution >= 4 is 44.0 Å². The van der Waals surface area contributed by atoms with Crippen molar-refractivity contribution in [1.29, 1.82) is 0 Å². The fraction of sp³-hybridized carbons (Fsp3) is 0.500. The van der Waals surface area contributed by atoms with Crippen LogP contribution in [0.5, 0.6) is 5.75 Å². The van der Waals surface area contributed by atoms with Crippen LogP contribution in [-0.2, 0) is 4.74 Å². The Labute approximate surface area is 232 Å². The van der Waals surface area contributed by atoms with Crippen LogP contribution in [0, 0.1) is 10.1 Å². The maximum absolute atomic E-state index is 14.0. The number of aromatic nitrogens is 1. The summed E-state index contributed by atoms with van der Waals surface area (Å²) < 4.78 is 12.2. The van der Waals surface area contributed by atoms with Gasteiger partial charge in [-0.25, -0.2) is 4.98 Å². The van der Waals surface area contributed by atoms with Gasteiger partial charge in [-0.1, -0.05) is 17.4 Å². The molecule has 11 heteroatoms. The second kappa shape index (κ2) is 12.7. The molecule has 0 N–H and O–H groups in total. The highest BCUT2D eigenvalue weighted by atomic mass is 32.1. The molecule has 208 valence electrons. The van der Waals surface area contributed by atoms with Gasteiger partial charge in [0, 0.05) is 50.9 Å². The van der Waals surface area contributed by atoms with Gasteiger partial charge < -0.3 is 14.4 Å². The summed E-state index contributed by atoms with van der Waals surface area (Å²) >= 11 is 1.43. The number of nitro benzene ring substituents is 1. The van der Waals surface area contributed by atoms with Crippen molar-refractivity contribution < 1.29 is 19.2 Å². The quantitative estimate of drug-likeness (QED) is 0.256. The van der Waals surface area contributed by atoms with Crippen molar-refractivity contribution in [3.05, 3.63) is 52.1 Å². The van der Waals surface area contributed by atoms with E-state index in [2.05, 4.69) is 9.80 Å². The van der Waals surface area contributed by atoms with E-state index in [0.29, 0.717) is 42.9 Å². The molecule has 0 aliphatic carbocycles. The molecule has 2 fully saturated rings. The number of nitro groups is 1. The second-order valence-electron chi connectivity index (χ2n) is 9.81. The van der Waals surface area contributed by atoms with Crippen LogP contribution >= 0.6 is 11.3 Å². The van der Waals surface area contributed by atoms with Gasteiger partial charge in [0.05, 0.1) is 29.4 Å². The first-order valence-electron chi connectivity index (χ1n) is 13.7. The Morgan fingerprint density at radius 3 is 2.69 bits per heavy atom. The highest BCUT2D eigenvalue weighted by molar-refractivity contribution is 7.22. The van der Waals surface area contributed by atoms with Gasteiger partial charge in [-0.15, -0.1) is 0 Å². The molecule has 2 aliphatic heterocycles. The predicted octanol–water partition coefficient (Wildman–Crippen LogP) is 4.96. The third-order valence-electron chi connectivity index (χ3n) is 7.22. The molecule has 1 aromatic heterocycles. The monoisotopic (exact) mass is 553 g/mol. The minimum absolute atomic E-state index is 0.0288. The molecule has 39 heavy (non-hydrogen) atoms. The van der Waals surface area contributed by atoms with Crippen molar-refractivity contribution in [3.63, 3.8) is 0 Å². The standard InChI is InChI=1S/C28H35N5O5S/c1-2-38-24-8-6-9-25-26(24)29-28(39-25)32(15-7-12-30-16-18-37-19-17-30)27(34)21-10-11-22(23(20-21)33(35)36)31-13-4-3-5-14-31/h6,8-11,20H,2-5,7,12-19H2,1H3. The molecule has 0 radical (unpaired) electrons. The number of hydrogen-bond donors (Lipinski definition) is 0. The van der Waals surface area contributed by atoms with E-state index in [1.54, 1.807) is 17.0 Å². The van der Waals surface area contributed by atoms with E-state index in [4.69, 9.17) is 14.5 Å². The number of thiazole rings is 1. The Hall–Kier alpha value is -3.28. The number of fused-ring (bicyclic) bond motifs is 1. The number of carbonyl (C=O) groups is 1. The molecule has 0 unspecified atom stereocenters. The van der Waals surface area contributed by atoms with Crippen LogP contribution in [0.1, 0.15) is 43.0 Å². The first-order chi connectivity index (χ1) is 19.0. The molecule has 0 atom stereocenters. The molecule has 0 spiro atoms. The van der Waals surface area contributed by atoms with Crippen molar-refractivity contribution in [1.82, 2.24) is 9.88 Å². The zero-order valence-electron chi connectivity index (χ0n) is 22.3. The van der Waals surface area contributed by atoms with Gasteiger partial charge in [-0.2, -0.15) is 0 Å². The van der Waals surface area contributed by atoms with Gasteiger partial charge in [0.1, 0.15) is 17.0 Å². The maximum atomic E-state index is 14.0. The average Bonchev–Trinajstić information content (AvgIpc) is 3.41. The first kappa shape index (κ1) is 27.3. The van der Waals surface area contributed by atoms with E-state index >= 15 is 0 Å². The third-order valence-corrected chi connectivity index (χ3v) is 8.27. The summed E-state index contributed by atoms with van der Waals surface area (Å²) in [4.78, 5) is 36.5. The number of para-hydroxylation sites is 1. The van der Waals surface area contributed by atoms with Crippen LogP contribution in [-0.4, -0.2) is 79.8 Å². The Morgan fingerprint density at radius 2 is 1.95 bits per heavy atom. The summed E-state index contributed by atoms with van der Waals surface area (Å²) in [6.07, 6.45) is 3.90. The number of ether oxygens (including phenoxy) is 2. The van der Waals surface area contributed by atoms with Gasteiger partial charge in [-0.05, 0) is 56.9 Å². The molecular weight excluding hydrogens is 518 g/mol. The zero-order chi connectivity index (χ0) is 27.2. The molecule has 3 heterocycles. The average molecular weight is 554 g/mol. The smallest absolute Gasteiger partial charge is 0.293 e. The molecule has 2 aromatic carbocycles. The number of anilines is 2. The maximum Gasteiger partial charge on any atom is 0.293 e. The van der Waals surface area contributed by atoms with Gasteiger partial charge in [0.15, 0.2) is 5.13 Å². The van der Waals surface area contributed by atoms with Gasteiger partial charge >= 0.3 is 0 Å². The van der Waals surface area contributed by atoms with E-state index < -0.39 is 0 Å². The topological polar surface area (TPSA) is 101 Å². The lowest BCUT2D eigenvalue weighted by Gasteiger charge is -2.29. The first-order valence-corrected chi connectivity index (χ1v) is 14.5. The molecule has 2 saturated heterocycles. The van der Waals surface area contributed by atoms with Gasteiger partial charge in [-0.3, -0.25) is 24.7 Å². The SMILES string of the molecule is CCOc1cccc2sc(N(CCCN3CCOCC3)C(=O)c3ccc(N4CCCCC4)c([N+](=O)[O-])c3)nc12. The molecular formula is C28H35N5O5S. The number of hydrogen-bond acceptors (Lipinski definition) is 9. The minimum atomic E-state index is -0.379. The lowest BCUT2D eigenvalue weighted by Crippen LogP contribution is -2.39. The van der Waals surface area contributed by atoms with E-state index in [9.17, 15) is 14.9 Å². The van der Waals surface area contributed by atoms with Crippen LogP contribution < -0.4 is 14.5 Å². The van der Waals surface area contributed by atoms with Crippen LogP contribution in [0.2, 0.25) is 0 Å². The van der Waals surface area contributed by atoms with E-state index in [1.807, 2.05) is 25.1 Å². The molecule has 2 aliphatic rings. The fourth-order valence-corrected chi connectivity index (χ4v) is 6.23. The van der Waals surface area contributed by atoms with E-state index in [1.165, 1.54) is 17.4 Å². The van der Waals surface area contributed by atoms with Crippen LogP contribution in [0.15, 0.2) is 36.4 Å². The van der Waals surface area contributed by atoms with Crippen molar-refractivity contribution in [2.45, 2.75) is 32.6 Å². The number of rotatable bonds is 10. The molecule has 5 rings (SSSR count). The van der Waals surface area contributed by atoms with Crippen molar-refractivity contribution in [3.8, 4) is 5.75 Å². The Balaban J connectivity index is 1.45. The van der Waals surface area contributed by atoms with Crippen LogP contribution in [0.25, 0.3) is 10.2 Å². The number of morpholine rings is 1. The lowest BCUT2D eigenvalue weighted by molar-refractivity contribution is -0.384. The Kier molecular flexibility index (Phi) is 8.90. The summed E-state index contributed by atoms with van der Waals surface area (Å²) in [7, 11) is 0. The van der Waals surface area contributed by atoms with Crippen molar-refractivity contribution in [2.24, 2.45) is 0 Å². The number of amides is 1. The van der Waals surface area contributed by atoms with Crippen LogP contribution in [0.4, 0.5) is 16.5 Å². The summed E-state index contributed by atoms with van der Waals surface area (Å²) in [5.74, 6) is 0.391. The molecule has 3 aromatic rings. The third kappa shape index (κ3) is 6.32. The fourth-order valence-electron chi connectivity index (χ4n) is 5.22.